The number of likely N-dealkylation sites (tertiary alicyclic amines) is 1. The molecule has 4 aliphatic rings. The van der Waals surface area contributed by atoms with Crippen LogP contribution in [0.15, 0.2) is 55.6 Å². The highest BCUT2D eigenvalue weighted by atomic mass is 79.9. The lowest BCUT2D eigenvalue weighted by Gasteiger charge is -2.40. The first kappa shape index (κ1) is 29.9. The van der Waals surface area contributed by atoms with Crippen LogP contribution in [-0.2, 0) is 28.6 Å². The van der Waals surface area contributed by atoms with Crippen LogP contribution in [0, 0.1) is 11.8 Å². The van der Waals surface area contributed by atoms with Crippen LogP contribution in [-0.4, -0.2) is 119 Å². The zero-order chi connectivity index (χ0) is 29.1. The molecule has 1 spiro atoms. The van der Waals surface area contributed by atoms with Crippen LogP contribution in [0.5, 0.6) is 0 Å². The lowest BCUT2D eigenvalue weighted by molar-refractivity contribution is -0.155. The molecule has 3 unspecified atom stereocenters. The van der Waals surface area contributed by atoms with Gasteiger partial charge in [0.2, 0.25) is 11.8 Å². The van der Waals surface area contributed by atoms with Crippen LogP contribution in [0.1, 0.15) is 18.0 Å². The summed E-state index contributed by atoms with van der Waals surface area (Å²) in [5, 5.41) is 10.6. The number of carbonyl (C=O) groups excluding carboxylic acids is 3. The van der Waals surface area contributed by atoms with Crippen molar-refractivity contribution in [1.82, 2.24) is 14.7 Å². The fraction of sp³-hybridized carbons (Fsp3) is 0.567. The Morgan fingerprint density at radius 2 is 1.95 bits per heavy atom. The number of ether oxygens (including phenoxy) is 3. The molecule has 2 bridgehead atoms. The molecule has 0 aliphatic carbocycles. The molecule has 2 amide bonds. The molecule has 4 fully saturated rings. The third-order valence-corrected chi connectivity index (χ3v) is 9.57. The Labute approximate surface area is 249 Å². The third kappa shape index (κ3) is 5.38. The van der Waals surface area contributed by atoms with E-state index in [4.69, 9.17) is 14.2 Å². The predicted molar refractivity (Wildman–Crippen MR) is 154 cm³/mol. The van der Waals surface area contributed by atoms with Crippen molar-refractivity contribution in [3.05, 3.63) is 61.2 Å². The number of benzene rings is 1. The summed E-state index contributed by atoms with van der Waals surface area (Å²) in [6.45, 7) is 11.3. The zero-order valence-corrected chi connectivity index (χ0v) is 24.7. The van der Waals surface area contributed by atoms with Crippen LogP contribution in [0.2, 0.25) is 0 Å². The van der Waals surface area contributed by atoms with Gasteiger partial charge in [0.1, 0.15) is 18.2 Å². The maximum Gasteiger partial charge on any atom is 0.312 e. The summed E-state index contributed by atoms with van der Waals surface area (Å²) in [6, 6.07) is 7.29. The van der Waals surface area contributed by atoms with Gasteiger partial charge in [0, 0.05) is 37.6 Å². The van der Waals surface area contributed by atoms with Gasteiger partial charge in [-0.05, 0) is 12.0 Å². The minimum atomic E-state index is -1.26. The number of esters is 1. The molecule has 0 aromatic heterocycles. The molecule has 4 saturated heterocycles. The molecule has 7 atom stereocenters. The quantitative estimate of drug-likeness (QED) is 0.210. The maximum atomic E-state index is 14.6. The SMILES string of the molecule is C=CCOC(=O)[C@H]1[C@H]2C(=O)N([C@H](CO)c3ccccc3)C(C(=O)N(CC=C)CCN3CCOCC3)C23CC(Br)[C@@H]1O3. The molecule has 41 heavy (non-hydrogen) atoms. The molecule has 1 aromatic carbocycles. The molecule has 11 heteroatoms. The molecule has 0 radical (unpaired) electrons. The highest BCUT2D eigenvalue weighted by Crippen LogP contribution is 2.61. The van der Waals surface area contributed by atoms with Gasteiger partial charge in [0.25, 0.3) is 0 Å². The zero-order valence-electron chi connectivity index (χ0n) is 23.1. The van der Waals surface area contributed by atoms with Gasteiger partial charge >= 0.3 is 5.97 Å². The summed E-state index contributed by atoms with van der Waals surface area (Å²) < 4.78 is 17.5. The van der Waals surface area contributed by atoms with Crippen LogP contribution in [0.3, 0.4) is 0 Å². The number of aliphatic hydroxyl groups excluding tert-OH is 1. The minimum Gasteiger partial charge on any atom is -0.461 e. The number of rotatable bonds is 12. The first-order valence-electron chi connectivity index (χ1n) is 14.1. The number of aliphatic hydroxyl groups is 1. The summed E-state index contributed by atoms with van der Waals surface area (Å²) in [4.78, 5) is 47.5. The number of amides is 2. The van der Waals surface area contributed by atoms with Gasteiger partial charge in [-0.25, -0.2) is 0 Å². The molecule has 0 saturated carbocycles. The number of nitrogens with zero attached hydrogens (tertiary/aromatic N) is 3. The first-order chi connectivity index (χ1) is 19.9. The molecule has 10 nitrogen and oxygen atoms in total. The lowest BCUT2D eigenvalue weighted by Crippen LogP contribution is -2.58. The highest BCUT2D eigenvalue weighted by molar-refractivity contribution is 9.09. The lowest BCUT2D eigenvalue weighted by atomic mass is 9.70. The van der Waals surface area contributed by atoms with E-state index in [0.29, 0.717) is 38.3 Å². The van der Waals surface area contributed by atoms with Crippen LogP contribution in [0.4, 0.5) is 0 Å². The fourth-order valence-corrected chi connectivity index (χ4v) is 7.87. The number of alkyl halides is 1. The van der Waals surface area contributed by atoms with E-state index in [-0.39, 0.29) is 29.8 Å². The predicted octanol–water partition coefficient (Wildman–Crippen LogP) is 1.54. The number of morpholine rings is 1. The smallest absolute Gasteiger partial charge is 0.312 e. The van der Waals surface area contributed by atoms with E-state index in [9.17, 15) is 19.5 Å². The third-order valence-electron chi connectivity index (χ3n) is 8.72. The van der Waals surface area contributed by atoms with Crippen molar-refractivity contribution in [1.29, 1.82) is 0 Å². The van der Waals surface area contributed by atoms with Crippen LogP contribution >= 0.6 is 15.9 Å². The van der Waals surface area contributed by atoms with Crippen molar-refractivity contribution in [3.63, 3.8) is 0 Å². The van der Waals surface area contributed by atoms with Gasteiger partial charge in [0.05, 0.1) is 43.8 Å². The average Bonchev–Trinajstić information content (AvgIpc) is 3.59. The molecule has 5 rings (SSSR count). The summed E-state index contributed by atoms with van der Waals surface area (Å²) in [5.41, 5.74) is -0.567. The normalized spacial score (nSPS) is 31.5. The number of halogens is 1. The molecule has 222 valence electrons. The van der Waals surface area contributed by atoms with Gasteiger partial charge in [-0.3, -0.25) is 19.3 Å². The second-order valence-electron chi connectivity index (χ2n) is 11.0. The number of fused-ring (bicyclic) bond motifs is 1. The van der Waals surface area contributed by atoms with Crippen molar-refractivity contribution in [2.75, 3.05) is 59.2 Å². The van der Waals surface area contributed by atoms with Gasteiger partial charge in [0.15, 0.2) is 0 Å². The van der Waals surface area contributed by atoms with Crippen LogP contribution < -0.4 is 0 Å². The van der Waals surface area contributed by atoms with Crippen molar-refractivity contribution in [2.24, 2.45) is 11.8 Å². The van der Waals surface area contributed by atoms with E-state index >= 15 is 0 Å². The van der Waals surface area contributed by atoms with E-state index in [1.165, 1.54) is 11.0 Å². The Kier molecular flexibility index (Phi) is 9.30. The second-order valence-corrected chi connectivity index (χ2v) is 12.1. The monoisotopic (exact) mass is 631 g/mol. The Morgan fingerprint density at radius 3 is 2.61 bits per heavy atom. The topological polar surface area (TPSA) is 109 Å². The largest absolute Gasteiger partial charge is 0.461 e. The Bertz CT molecular complexity index is 1150. The van der Waals surface area contributed by atoms with Crippen molar-refractivity contribution < 1.29 is 33.7 Å². The van der Waals surface area contributed by atoms with Crippen LogP contribution in [0.25, 0.3) is 0 Å². The Balaban J connectivity index is 1.54. The van der Waals surface area contributed by atoms with Gasteiger partial charge in [-0.15, -0.1) is 6.58 Å². The standard InChI is InChI=1S/C30H38BrN3O7/c1-3-10-33(12-11-32-13-16-39-17-14-32)28(37)26-30-18-21(31)25(41-30)23(29(38)40-15-4-2)24(30)27(36)34(26)22(19-35)20-8-6-5-7-9-20/h3-9,21-26,35H,1-2,10-19H2/t21?,22-,23+,24+,25+,26?,30?/m1/s1. The second kappa shape index (κ2) is 12.7. The number of hydrogen-bond acceptors (Lipinski definition) is 8. The Hall–Kier alpha value is -2.57. The number of carbonyl (C=O) groups is 3. The maximum absolute atomic E-state index is 14.6. The molecular weight excluding hydrogens is 594 g/mol. The number of hydrogen-bond donors (Lipinski definition) is 1. The van der Waals surface area contributed by atoms with E-state index in [1.807, 2.05) is 30.3 Å². The van der Waals surface area contributed by atoms with Gasteiger partial charge < -0.3 is 29.1 Å². The summed E-state index contributed by atoms with van der Waals surface area (Å²) in [7, 11) is 0. The minimum absolute atomic E-state index is 0.00687. The van der Waals surface area contributed by atoms with E-state index in [0.717, 1.165) is 13.1 Å². The summed E-state index contributed by atoms with van der Waals surface area (Å²) in [6.07, 6.45) is 2.89. The molecule has 4 aliphatic heterocycles. The van der Waals surface area contributed by atoms with Gasteiger partial charge in [-0.2, -0.15) is 0 Å². The fourth-order valence-electron chi connectivity index (χ4n) is 6.93. The Morgan fingerprint density at radius 1 is 1.22 bits per heavy atom. The van der Waals surface area contributed by atoms with Crippen molar-refractivity contribution in [2.45, 2.75) is 35.0 Å². The molecule has 1 N–H and O–H groups in total. The van der Waals surface area contributed by atoms with Gasteiger partial charge in [-0.1, -0.05) is 65.0 Å². The highest BCUT2D eigenvalue weighted by Gasteiger charge is 2.77. The average molecular weight is 633 g/mol. The van der Waals surface area contributed by atoms with Crippen molar-refractivity contribution >= 4 is 33.7 Å². The van der Waals surface area contributed by atoms with E-state index in [2.05, 4.69) is 34.0 Å². The molecule has 4 heterocycles. The summed E-state index contributed by atoms with van der Waals surface area (Å²) in [5.74, 6) is -3.04. The molecule has 1 aromatic rings. The van der Waals surface area contributed by atoms with E-state index < -0.39 is 48.2 Å². The summed E-state index contributed by atoms with van der Waals surface area (Å²) >= 11 is 3.68. The first-order valence-corrected chi connectivity index (χ1v) is 15.1. The molecular formula is C30H38BrN3O7. The van der Waals surface area contributed by atoms with E-state index in [1.54, 1.807) is 11.0 Å². The van der Waals surface area contributed by atoms with Crippen molar-refractivity contribution in [3.8, 4) is 0 Å².